The van der Waals surface area contributed by atoms with Gasteiger partial charge in [0.15, 0.2) is 5.88 Å². The van der Waals surface area contributed by atoms with Crippen molar-refractivity contribution < 1.29 is 24.6 Å². The summed E-state index contributed by atoms with van der Waals surface area (Å²) in [5.74, 6) is -2.52. The number of pyridine rings is 1. The predicted molar refractivity (Wildman–Crippen MR) is 88.0 cm³/mol. The van der Waals surface area contributed by atoms with Crippen molar-refractivity contribution in [2.24, 2.45) is 0 Å². The molecule has 3 atom stereocenters. The van der Waals surface area contributed by atoms with Gasteiger partial charge in [-0.3, -0.25) is 19.0 Å². The molecule has 3 N–H and O–H groups in total. The van der Waals surface area contributed by atoms with E-state index in [-0.39, 0.29) is 5.88 Å². The quantitative estimate of drug-likeness (QED) is 0.593. The lowest BCUT2D eigenvalue weighted by molar-refractivity contribution is -0.161. The third-order valence-corrected chi connectivity index (χ3v) is 5.89. The summed E-state index contributed by atoms with van der Waals surface area (Å²) in [4.78, 5) is 48.8. The molecule has 0 saturated carbocycles. The van der Waals surface area contributed by atoms with Gasteiger partial charge in [-0.05, 0) is 19.9 Å². The van der Waals surface area contributed by atoms with E-state index in [9.17, 15) is 29.4 Å². The molecule has 0 radical (unpaired) electrons. The Morgan fingerprint density at radius 3 is 2.60 bits per heavy atom. The van der Waals surface area contributed by atoms with Gasteiger partial charge in [-0.15, -0.1) is 11.8 Å². The van der Waals surface area contributed by atoms with E-state index >= 15 is 0 Å². The summed E-state index contributed by atoms with van der Waals surface area (Å²) in [6, 6.07) is 2.04. The fourth-order valence-corrected chi connectivity index (χ4v) is 4.80. The predicted octanol–water partition coefficient (Wildman–Crippen LogP) is -0.814. The smallest absolute Gasteiger partial charge is 0.327 e. The maximum atomic E-state index is 12.3. The van der Waals surface area contributed by atoms with Crippen LogP contribution in [0.15, 0.2) is 23.0 Å². The molecule has 134 valence electrons. The SMILES string of the molecule is CC1(C)S[C@@H]2C(NC(=O)Cn3c(O)cccc3=O)C(=O)N2[C@H]1C(=O)O. The fourth-order valence-electron chi connectivity index (χ4n) is 3.18. The van der Waals surface area contributed by atoms with Crippen molar-refractivity contribution in [2.45, 2.75) is 42.6 Å². The lowest BCUT2D eigenvalue weighted by Gasteiger charge is -2.43. The zero-order chi connectivity index (χ0) is 18.5. The molecule has 2 amide bonds. The molecular formula is C15H17N3O6S. The summed E-state index contributed by atoms with van der Waals surface area (Å²) < 4.78 is 0.197. The second kappa shape index (κ2) is 5.80. The summed E-state index contributed by atoms with van der Waals surface area (Å²) >= 11 is 1.31. The van der Waals surface area contributed by atoms with Crippen LogP contribution in [-0.2, 0) is 20.9 Å². The second-order valence-corrected chi connectivity index (χ2v) is 8.22. The maximum Gasteiger partial charge on any atom is 0.327 e. The number of aromatic nitrogens is 1. The number of hydrogen-bond acceptors (Lipinski definition) is 6. The highest BCUT2D eigenvalue weighted by Gasteiger charge is 2.64. The third kappa shape index (κ3) is 2.76. The number of fused-ring (bicyclic) bond motifs is 1. The number of nitrogens with zero attached hydrogens (tertiary/aromatic N) is 2. The van der Waals surface area contributed by atoms with Crippen molar-refractivity contribution in [3.63, 3.8) is 0 Å². The molecule has 0 aliphatic carbocycles. The van der Waals surface area contributed by atoms with E-state index in [2.05, 4.69) is 5.32 Å². The number of carboxylic acids is 1. The number of aromatic hydroxyl groups is 1. The second-order valence-electron chi connectivity index (χ2n) is 6.45. The van der Waals surface area contributed by atoms with Gasteiger partial charge >= 0.3 is 5.97 Å². The molecule has 2 aliphatic heterocycles. The average Bonchev–Trinajstić information content (AvgIpc) is 2.77. The van der Waals surface area contributed by atoms with Gasteiger partial charge in [0.2, 0.25) is 11.8 Å². The van der Waals surface area contributed by atoms with Gasteiger partial charge in [-0.1, -0.05) is 6.07 Å². The zero-order valence-electron chi connectivity index (χ0n) is 13.5. The molecule has 0 aromatic carbocycles. The Morgan fingerprint density at radius 1 is 1.32 bits per heavy atom. The van der Waals surface area contributed by atoms with Crippen molar-refractivity contribution in [3.05, 3.63) is 28.6 Å². The van der Waals surface area contributed by atoms with E-state index < -0.39 is 52.1 Å². The number of β-lactam (4-membered cyclic amide) rings is 1. The number of thioether (sulfide) groups is 1. The van der Waals surface area contributed by atoms with Gasteiger partial charge in [0.05, 0.1) is 0 Å². The summed E-state index contributed by atoms with van der Waals surface area (Å²) in [5, 5.41) is 21.1. The molecule has 0 spiro atoms. The lowest BCUT2D eigenvalue weighted by Crippen LogP contribution is -2.70. The minimum absolute atomic E-state index is 0.355. The largest absolute Gasteiger partial charge is 0.494 e. The number of aliphatic carboxylic acids is 1. The van der Waals surface area contributed by atoms with Crippen LogP contribution in [0.4, 0.5) is 0 Å². The molecule has 25 heavy (non-hydrogen) atoms. The molecule has 3 rings (SSSR count). The van der Waals surface area contributed by atoms with Gasteiger partial charge in [-0.25, -0.2) is 4.79 Å². The average molecular weight is 367 g/mol. The Morgan fingerprint density at radius 2 is 2.00 bits per heavy atom. The van der Waals surface area contributed by atoms with E-state index in [1.807, 2.05) is 0 Å². The first-order chi connectivity index (χ1) is 11.6. The molecular weight excluding hydrogens is 350 g/mol. The molecule has 0 bridgehead atoms. The van der Waals surface area contributed by atoms with Crippen LogP contribution in [0.1, 0.15) is 13.8 Å². The van der Waals surface area contributed by atoms with E-state index in [0.717, 1.165) is 4.57 Å². The summed E-state index contributed by atoms with van der Waals surface area (Å²) in [7, 11) is 0. The van der Waals surface area contributed by atoms with Crippen LogP contribution in [0, 0.1) is 0 Å². The van der Waals surface area contributed by atoms with Crippen molar-refractivity contribution in [1.29, 1.82) is 0 Å². The van der Waals surface area contributed by atoms with Gasteiger partial charge in [-0.2, -0.15) is 0 Å². The highest BCUT2D eigenvalue weighted by Crippen LogP contribution is 2.50. The first kappa shape index (κ1) is 17.3. The first-order valence-electron chi connectivity index (χ1n) is 7.54. The Bertz CT molecular complexity index is 820. The van der Waals surface area contributed by atoms with Crippen LogP contribution in [0.2, 0.25) is 0 Å². The van der Waals surface area contributed by atoms with Crippen LogP contribution < -0.4 is 10.9 Å². The number of rotatable bonds is 4. The first-order valence-corrected chi connectivity index (χ1v) is 8.42. The maximum absolute atomic E-state index is 12.3. The van der Waals surface area contributed by atoms with Gasteiger partial charge < -0.3 is 20.4 Å². The minimum atomic E-state index is -1.08. The van der Waals surface area contributed by atoms with E-state index in [4.69, 9.17) is 0 Å². The van der Waals surface area contributed by atoms with Gasteiger partial charge in [0, 0.05) is 10.8 Å². The minimum Gasteiger partial charge on any atom is -0.494 e. The highest BCUT2D eigenvalue weighted by atomic mass is 32.2. The lowest BCUT2D eigenvalue weighted by atomic mass is 9.96. The van der Waals surface area contributed by atoms with Crippen molar-refractivity contribution in [3.8, 4) is 5.88 Å². The number of carbonyl (C=O) groups excluding carboxylic acids is 2. The summed E-state index contributed by atoms with van der Waals surface area (Å²) in [5.41, 5.74) is -0.543. The Labute approximate surface area is 146 Å². The molecule has 2 saturated heterocycles. The number of carbonyl (C=O) groups is 3. The molecule has 3 heterocycles. The normalized spacial score (nSPS) is 26.7. The Hall–Kier alpha value is -2.49. The topological polar surface area (TPSA) is 129 Å². The molecule has 10 heteroatoms. The van der Waals surface area contributed by atoms with Crippen LogP contribution in [-0.4, -0.2) is 59.7 Å². The van der Waals surface area contributed by atoms with Gasteiger partial charge in [0.1, 0.15) is 24.0 Å². The molecule has 9 nitrogen and oxygen atoms in total. The van der Waals surface area contributed by atoms with E-state index in [1.54, 1.807) is 13.8 Å². The van der Waals surface area contributed by atoms with E-state index in [1.165, 1.54) is 34.9 Å². The van der Waals surface area contributed by atoms with Crippen LogP contribution >= 0.6 is 11.8 Å². The number of amides is 2. The monoisotopic (exact) mass is 367 g/mol. The third-order valence-electron chi connectivity index (χ3n) is 4.32. The summed E-state index contributed by atoms with van der Waals surface area (Å²) in [6.45, 7) is 3.05. The number of carboxylic acid groups (broad SMARTS) is 1. The van der Waals surface area contributed by atoms with Gasteiger partial charge in [0.25, 0.3) is 5.56 Å². The zero-order valence-corrected chi connectivity index (χ0v) is 14.3. The Kier molecular flexibility index (Phi) is 4.02. The van der Waals surface area contributed by atoms with Crippen LogP contribution in [0.3, 0.4) is 0 Å². The summed E-state index contributed by atoms with van der Waals surface area (Å²) in [6.07, 6.45) is 0. The molecule has 2 aliphatic rings. The highest BCUT2D eigenvalue weighted by molar-refractivity contribution is 8.01. The van der Waals surface area contributed by atoms with Crippen molar-refractivity contribution in [2.75, 3.05) is 0 Å². The Balaban J connectivity index is 1.71. The molecule has 2 fully saturated rings. The number of hydrogen-bond donors (Lipinski definition) is 3. The van der Waals surface area contributed by atoms with Crippen LogP contribution in [0.5, 0.6) is 5.88 Å². The number of nitrogens with one attached hydrogen (secondary N) is 1. The molecule has 1 unspecified atom stereocenters. The fraction of sp³-hybridized carbons (Fsp3) is 0.467. The molecule has 1 aromatic heterocycles. The molecule has 1 aromatic rings. The van der Waals surface area contributed by atoms with Crippen LogP contribution in [0.25, 0.3) is 0 Å². The van der Waals surface area contributed by atoms with E-state index in [0.29, 0.717) is 0 Å². The standard InChI is InChI=1S/C15H17N3O6S/c1-15(2)11(14(23)24)18-12(22)10(13(18)25-15)16-7(19)6-17-8(20)4-3-5-9(17)21/h3-5,10-11,13,20H,6H2,1-2H3,(H,16,19)(H,23,24)/t10?,11-,13+/m0/s1. The van der Waals surface area contributed by atoms with Crippen molar-refractivity contribution in [1.82, 2.24) is 14.8 Å². The van der Waals surface area contributed by atoms with Crippen molar-refractivity contribution >= 4 is 29.5 Å².